The summed E-state index contributed by atoms with van der Waals surface area (Å²) >= 11 is 0. The van der Waals surface area contributed by atoms with Crippen molar-refractivity contribution in [1.29, 1.82) is 0 Å². The molecular weight excluding hydrogens is 306 g/mol. The number of carbonyl (C=O) groups is 2. The number of carbonyl (C=O) groups excluding carboxylic acids is 2. The Morgan fingerprint density at radius 1 is 1.04 bits per heavy atom. The van der Waals surface area contributed by atoms with Gasteiger partial charge in [-0.1, -0.05) is 6.92 Å². The van der Waals surface area contributed by atoms with Crippen LogP contribution in [0.15, 0.2) is 24.3 Å². The summed E-state index contributed by atoms with van der Waals surface area (Å²) in [5.74, 6) is -0.372. The van der Waals surface area contributed by atoms with Gasteiger partial charge in [-0.2, -0.15) is 0 Å². The first kappa shape index (κ1) is 18.4. The number of hydrogen-bond donors (Lipinski definition) is 1. The topological polar surface area (TPSA) is 61.9 Å². The molecule has 6 nitrogen and oxygen atoms in total. The molecule has 1 aromatic carbocycles. The number of rotatable bonds is 7. The van der Waals surface area contributed by atoms with Crippen molar-refractivity contribution in [2.75, 3.05) is 51.2 Å². The second-order valence-electron chi connectivity index (χ2n) is 5.96. The molecule has 1 aromatic rings. The van der Waals surface area contributed by atoms with Gasteiger partial charge in [0.1, 0.15) is 0 Å². The van der Waals surface area contributed by atoms with Crippen LogP contribution in [-0.2, 0) is 9.53 Å². The van der Waals surface area contributed by atoms with Gasteiger partial charge in [0.25, 0.3) is 0 Å². The molecule has 0 aliphatic carbocycles. The molecule has 6 heteroatoms. The smallest absolute Gasteiger partial charge is 0.338 e. The number of benzene rings is 1. The number of piperazine rings is 1. The first-order valence-corrected chi connectivity index (χ1v) is 8.64. The molecule has 0 unspecified atom stereocenters. The molecule has 0 aromatic heterocycles. The number of ether oxygens (including phenoxy) is 1. The maximum absolute atomic E-state index is 12.2. The van der Waals surface area contributed by atoms with Gasteiger partial charge >= 0.3 is 5.97 Å². The Bertz CT molecular complexity index is 537. The van der Waals surface area contributed by atoms with Crippen LogP contribution in [0.1, 0.15) is 30.6 Å². The lowest BCUT2D eigenvalue weighted by atomic mass is 10.2. The molecule has 1 N–H and O–H groups in total. The van der Waals surface area contributed by atoms with E-state index in [1.165, 1.54) is 6.42 Å². The maximum atomic E-state index is 12.2. The van der Waals surface area contributed by atoms with Gasteiger partial charge < -0.3 is 15.0 Å². The van der Waals surface area contributed by atoms with E-state index in [0.29, 0.717) is 24.4 Å². The molecule has 0 saturated carbocycles. The van der Waals surface area contributed by atoms with E-state index in [1.54, 1.807) is 31.2 Å². The minimum atomic E-state index is -0.347. The summed E-state index contributed by atoms with van der Waals surface area (Å²) in [6.45, 7) is 9.74. The zero-order chi connectivity index (χ0) is 17.4. The van der Waals surface area contributed by atoms with E-state index in [2.05, 4.69) is 22.0 Å². The third-order valence-corrected chi connectivity index (χ3v) is 4.05. The maximum Gasteiger partial charge on any atom is 0.338 e. The highest BCUT2D eigenvalue weighted by Gasteiger charge is 2.18. The molecule has 0 atom stereocenters. The highest BCUT2D eigenvalue weighted by Crippen LogP contribution is 2.11. The van der Waals surface area contributed by atoms with Crippen LogP contribution in [-0.4, -0.2) is 67.6 Å². The summed E-state index contributed by atoms with van der Waals surface area (Å²) in [6, 6.07) is 6.78. The Morgan fingerprint density at radius 2 is 1.67 bits per heavy atom. The van der Waals surface area contributed by atoms with Gasteiger partial charge in [-0.05, 0) is 44.2 Å². The molecule has 1 amide bonds. The summed E-state index contributed by atoms with van der Waals surface area (Å²) in [4.78, 5) is 28.4. The molecule has 1 heterocycles. The van der Waals surface area contributed by atoms with Crippen LogP contribution in [0.2, 0.25) is 0 Å². The van der Waals surface area contributed by atoms with E-state index >= 15 is 0 Å². The van der Waals surface area contributed by atoms with E-state index in [4.69, 9.17) is 4.74 Å². The standard InChI is InChI=1S/C18H27N3O3/c1-3-9-20-10-12-21(13-11-20)14-17(22)19-16-7-5-15(6-8-16)18(23)24-4-2/h5-8H,3-4,9-14H2,1-2H3,(H,19,22). The Hall–Kier alpha value is -1.92. The first-order valence-electron chi connectivity index (χ1n) is 8.64. The van der Waals surface area contributed by atoms with Crippen LogP contribution in [0.3, 0.4) is 0 Å². The Morgan fingerprint density at radius 3 is 2.25 bits per heavy atom. The molecule has 0 bridgehead atoms. The van der Waals surface area contributed by atoms with E-state index in [-0.39, 0.29) is 11.9 Å². The van der Waals surface area contributed by atoms with E-state index < -0.39 is 0 Å². The van der Waals surface area contributed by atoms with Crippen molar-refractivity contribution in [2.45, 2.75) is 20.3 Å². The summed E-state index contributed by atoms with van der Waals surface area (Å²) in [7, 11) is 0. The van der Waals surface area contributed by atoms with Gasteiger partial charge in [0.2, 0.25) is 5.91 Å². The molecule has 24 heavy (non-hydrogen) atoms. The SMILES string of the molecule is CCCN1CCN(CC(=O)Nc2ccc(C(=O)OCC)cc2)CC1. The Kier molecular flexibility index (Phi) is 7.21. The van der Waals surface area contributed by atoms with Crippen molar-refractivity contribution in [1.82, 2.24) is 9.80 Å². The average Bonchev–Trinajstić information content (AvgIpc) is 2.58. The van der Waals surface area contributed by atoms with Gasteiger partial charge in [-0.15, -0.1) is 0 Å². The van der Waals surface area contributed by atoms with Crippen LogP contribution >= 0.6 is 0 Å². The predicted octanol–water partition coefficient (Wildman–Crippen LogP) is 1.83. The lowest BCUT2D eigenvalue weighted by Gasteiger charge is -2.34. The monoisotopic (exact) mass is 333 g/mol. The highest BCUT2D eigenvalue weighted by atomic mass is 16.5. The zero-order valence-corrected chi connectivity index (χ0v) is 14.6. The normalized spacial score (nSPS) is 15.9. The Balaban J connectivity index is 1.77. The zero-order valence-electron chi connectivity index (χ0n) is 14.6. The summed E-state index contributed by atoms with van der Waals surface area (Å²) in [5.41, 5.74) is 1.18. The van der Waals surface area contributed by atoms with Crippen molar-refractivity contribution in [2.24, 2.45) is 0 Å². The number of nitrogens with zero attached hydrogens (tertiary/aromatic N) is 2. The van der Waals surface area contributed by atoms with Crippen molar-refractivity contribution >= 4 is 17.6 Å². The molecule has 0 radical (unpaired) electrons. The molecule has 1 saturated heterocycles. The largest absolute Gasteiger partial charge is 0.462 e. The fraction of sp³-hybridized carbons (Fsp3) is 0.556. The van der Waals surface area contributed by atoms with Crippen molar-refractivity contribution in [3.05, 3.63) is 29.8 Å². The van der Waals surface area contributed by atoms with Crippen molar-refractivity contribution in [3.8, 4) is 0 Å². The second kappa shape index (κ2) is 9.39. The third kappa shape index (κ3) is 5.62. The average molecular weight is 333 g/mol. The summed E-state index contributed by atoms with van der Waals surface area (Å²) in [6.07, 6.45) is 1.17. The van der Waals surface area contributed by atoms with E-state index in [1.807, 2.05) is 0 Å². The molecular formula is C18H27N3O3. The van der Waals surface area contributed by atoms with Gasteiger partial charge in [0, 0.05) is 31.9 Å². The lowest BCUT2D eigenvalue weighted by Crippen LogP contribution is -2.48. The highest BCUT2D eigenvalue weighted by molar-refractivity contribution is 5.94. The van der Waals surface area contributed by atoms with Gasteiger partial charge in [0.05, 0.1) is 18.7 Å². The fourth-order valence-corrected chi connectivity index (χ4v) is 2.79. The number of nitrogens with one attached hydrogen (secondary N) is 1. The second-order valence-corrected chi connectivity index (χ2v) is 5.96. The van der Waals surface area contributed by atoms with Crippen LogP contribution in [0, 0.1) is 0 Å². The van der Waals surface area contributed by atoms with Crippen LogP contribution in [0.4, 0.5) is 5.69 Å². The number of amides is 1. The van der Waals surface area contributed by atoms with Crippen LogP contribution < -0.4 is 5.32 Å². The molecule has 2 rings (SSSR count). The number of hydrogen-bond acceptors (Lipinski definition) is 5. The fourth-order valence-electron chi connectivity index (χ4n) is 2.79. The van der Waals surface area contributed by atoms with Gasteiger partial charge in [-0.3, -0.25) is 9.69 Å². The minimum Gasteiger partial charge on any atom is -0.462 e. The predicted molar refractivity (Wildman–Crippen MR) is 94.2 cm³/mol. The molecule has 0 spiro atoms. The van der Waals surface area contributed by atoms with E-state index in [9.17, 15) is 9.59 Å². The lowest BCUT2D eigenvalue weighted by molar-refractivity contribution is -0.117. The molecule has 1 aliphatic heterocycles. The quantitative estimate of drug-likeness (QED) is 0.772. The minimum absolute atomic E-state index is 0.0252. The van der Waals surface area contributed by atoms with Crippen molar-refractivity contribution in [3.63, 3.8) is 0 Å². The number of esters is 1. The van der Waals surface area contributed by atoms with Crippen LogP contribution in [0.5, 0.6) is 0 Å². The third-order valence-electron chi connectivity index (χ3n) is 4.05. The Labute approximate surface area is 143 Å². The van der Waals surface area contributed by atoms with Crippen LogP contribution in [0.25, 0.3) is 0 Å². The van der Waals surface area contributed by atoms with E-state index in [0.717, 1.165) is 32.7 Å². The number of anilines is 1. The molecule has 1 aliphatic rings. The molecule has 132 valence electrons. The summed E-state index contributed by atoms with van der Waals surface area (Å²) < 4.78 is 4.94. The van der Waals surface area contributed by atoms with Gasteiger partial charge in [-0.25, -0.2) is 4.79 Å². The summed E-state index contributed by atoms with van der Waals surface area (Å²) in [5, 5.41) is 2.88. The molecule has 1 fully saturated rings. The van der Waals surface area contributed by atoms with Gasteiger partial charge in [0.15, 0.2) is 0 Å². The van der Waals surface area contributed by atoms with Crippen molar-refractivity contribution < 1.29 is 14.3 Å². The first-order chi connectivity index (χ1) is 11.6.